The number of aryl methyl sites for hydroxylation is 2. The van der Waals surface area contributed by atoms with Crippen LogP contribution in [0.5, 0.6) is 0 Å². The molecule has 0 radical (unpaired) electrons. The molecule has 0 unspecified atom stereocenters. The normalized spacial score (nSPS) is 10.1. The van der Waals surface area contributed by atoms with E-state index in [2.05, 4.69) is 9.97 Å². The minimum absolute atomic E-state index is 0. The largest absolute Gasteiger partial charge is 2.00 e. The fourth-order valence-corrected chi connectivity index (χ4v) is 2.63. The Hall–Kier alpha value is -0.668. The molecule has 0 aromatic carbocycles. The third-order valence-electron chi connectivity index (χ3n) is 4.48. The number of carboxylic acids is 6. The van der Waals surface area contributed by atoms with Crippen LogP contribution in [0.4, 0.5) is 0 Å². The SMILES string of the molecule is Cn1cnc2c1c(=O)[nH]c(=O)n2C.O=C([O-])CC(O)(CC(=O)[O-])C(=O)[O-].O=C([O-])CC(O)(CC(=O)[O-])C(=O)[O-].[Sr+2].[Sr+2].[Sr+2]. The van der Waals surface area contributed by atoms with Crippen LogP contribution in [-0.4, -0.2) is 213 Å². The molecule has 0 saturated carbocycles. The first kappa shape index (κ1) is 48.2. The minimum Gasteiger partial charge on any atom is -0.550 e. The Balaban J connectivity index is -0.000000249. The van der Waals surface area contributed by atoms with Crippen molar-refractivity contribution in [2.24, 2.45) is 14.1 Å². The number of aliphatic hydroxyl groups is 2. The van der Waals surface area contributed by atoms with Crippen LogP contribution in [0.2, 0.25) is 0 Å². The molecule has 0 fully saturated rings. The Kier molecular flexibility index (Phi) is 24.3. The predicted octanol–water partition coefficient (Wildman–Crippen LogP) is -12.7. The molecule has 0 atom stereocenters. The van der Waals surface area contributed by atoms with Gasteiger partial charge in [-0.25, -0.2) is 9.78 Å². The van der Waals surface area contributed by atoms with Crippen LogP contribution in [0.1, 0.15) is 25.7 Å². The van der Waals surface area contributed by atoms with Gasteiger partial charge in [0.1, 0.15) is 11.2 Å². The molecular formula is C19H18N4O16Sr3. The van der Waals surface area contributed by atoms with E-state index in [0.29, 0.717) is 11.2 Å². The number of nitrogens with zero attached hydrogens (tertiary/aromatic N) is 3. The van der Waals surface area contributed by atoms with Crippen molar-refractivity contribution in [3.63, 3.8) is 0 Å². The molecule has 0 amide bonds. The first-order valence-electron chi connectivity index (χ1n) is 9.94. The molecule has 0 aliphatic rings. The number of rotatable bonds is 10. The monoisotopic (exact) mass is 822 g/mol. The van der Waals surface area contributed by atoms with Gasteiger partial charge >= 0.3 is 142 Å². The van der Waals surface area contributed by atoms with Crippen molar-refractivity contribution in [1.82, 2.24) is 19.1 Å². The number of hydrogen-bond donors (Lipinski definition) is 3. The summed E-state index contributed by atoms with van der Waals surface area (Å²) in [5.41, 5.74) is -6.00. The molecule has 216 valence electrons. The fraction of sp³-hybridized carbons (Fsp3) is 0.421. The Morgan fingerprint density at radius 1 is 0.738 bits per heavy atom. The molecule has 2 heterocycles. The zero-order chi connectivity index (χ0) is 30.9. The number of hydrogen-bond acceptors (Lipinski definition) is 17. The Bertz CT molecular complexity index is 1320. The van der Waals surface area contributed by atoms with E-state index in [9.17, 15) is 69.0 Å². The Labute approximate surface area is 344 Å². The maximum atomic E-state index is 11.3. The number of nitrogens with one attached hydrogen (secondary N) is 1. The molecule has 0 aliphatic carbocycles. The standard InChI is InChI=1S/C7H8N4O2.2C6H8O7.3Sr/c1-10-3-8-5-4(10)6(12)9-7(13)11(5)2;2*7-3(8)1-6(13,5(11)12)2-4(9)10;;;/h3H,1-2H3,(H,9,12,13);2*13H,1-2H2,(H,7,8)(H,9,10)(H,11,12);;;/q;;;3*+2/p-6. The van der Waals surface area contributed by atoms with Gasteiger partial charge in [-0.1, -0.05) is 0 Å². The van der Waals surface area contributed by atoms with Gasteiger partial charge in [0.25, 0.3) is 5.56 Å². The summed E-state index contributed by atoms with van der Waals surface area (Å²) >= 11 is 0. The summed E-state index contributed by atoms with van der Waals surface area (Å²) in [5.74, 6) is -12.0. The maximum Gasteiger partial charge on any atom is 2.00 e. The number of imidazole rings is 1. The Morgan fingerprint density at radius 2 is 1.05 bits per heavy atom. The molecule has 3 N–H and O–H groups in total. The molecule has 2 aromatic heterocycles. The van der Waals surface area contributed by atoms with E-state index in [1.54, 1.807) is 18.7 Å². The van der Waals surface area contributed by atoms with Crippen molar-refractivity contribution < 1.29 is 69.6 Å². The van der Waals surface area contributed by atoms with Crippen LogP contribution in [0.3, 0.4) is 0 Å². The second-order valence-corrected chi connectivity index (χ2v) is 7.68. The quantitative estimate of drug-likeness (QED) is 0.187. The van der Waals surface area contributed by atoms with Gasteiger partial charge in [0.15, 0.2) is 11.2 Å². The fourth-order valence-electron chi connectivity index (χ4n) is 2.63. The number of carbonyl (C=O) groups is 6. The van der Waals surface area contributed by atoms with E-state index < -0.39 is 84.0 Å². The zero-order valence-electron chi connectivity index (χ0n) is 22.0. The topological polar surface area (TPSA) is 354 Å². The summed E-state index contributed by atoms with van der Waals surface area (Å²) < 4.78 is 2.88. The van der Waals surface area contributed by atoms with Gasteiger partial charge in [0.05, 0.1) is 18.3 Å². The number of aliphatic carboxylic acids is 6. The van der Waals surface area contributed by atoms with E-state index in [1.807, 2.05) is 0 Å². The summed E-state index contributed by atoms with van der Waals surface area (Å²) in [7, 11) is 3.27. The molecular weight excluding hydrogens is 803 g/mol. The summed E-state index contributed by atoms with van der Waals surface area (Å²) in [6, 6.07) is 0. The second-order valence-electron chi connectivity index (χ2n) is 7.68. The average Bonchev–Trinajstić information content (AvgIpc) is 3.12. The summed E-state index contributed by atoms with van der Waals surface area (Å²) in [6.45, 7) is 0. The minimum atomic E-state index is -2.97. The number of aromatic nitrogens is 4. The van der Waals surface area contributed by atoms with E-state index in [4.69, 9.17) is 10.2 Å². The van der Waals surface area contributed by atoms with E-state index in [1.165, 1.54) is 10.9 Å². The number of H-pyrrole nitrogens is 1. The second kappa shape index (κ2) is 21.1. The summed E-state index contributed by atoms with van der Waals surface area (Å²) in [6.07, 6.45) is -3.93. The number of carboxylic acid groups (broad SMARTS) is 6. The first-order chi connectivity index (χ1) is 17.7. The van der Waals surface area contributed by atoms with Gasteiger partial charge < -0.3 is 74.2 Å². The van der Waals surface area contributed by atoms with Crippen molar-refractivity contribution in [1.29, 1.82) is 0 Å². The van der Waals surface area contributed by atoms with E-state index in [-0.39, 0.29) is 136 Å². The van der Waals surface area contributed by atoms with Gasteiger partial charge in [-0.2, -0.15) is 0 Å². The molecule has 42 heavy (non-hydrogen) atoms. The molecule has 0 spiro atoms. The van der Waals surface area contributed by atoms with Crippen molar-refractivity contribution >= 4 is 183 Å². The number of carbonyl (C=O) groups excluding carboxylic acids is 6. The third kappa shape index (κ3) is 15.9. The average molecular weight is 821 g/mol. The van der Waals surface area contributed by atoms with Crippen molar-refractivity contribution in [3.8, 4) is 0 Å². The van der Waals surface area contributed by atoms with Crippen LogP contribution >= 0.6 is 0 Å². The number of fused-ring (bicyclic) bond motifs is 1. The Morgan fingerprint density at radius 3 is 1.31 bits per heavy atom. The molecule has 0 aliphatic heterocycles. The molecule has 0 bridgehead atoms. The van der Waals surface area contributed by atoms with Gasteiger partial charge in [0, 0.05) is 63.7 Å². The molecule has 2 rings (SSSR count). The van der Waals surface area contributed by atoms with E-state index in [0.717, 1.165) is 0 Å². The van der Waals surface area contributed by atoms with Gasteiger partial charge in [-0.15, -0.1) is 0 Å². The van der Waals surface area contributed by atoms with Gasteiger partial charge in [0.2, 0.25) is 0 Å². The van der Waals surface area contributed by atoms with Gasteiger partial charge in [-0.05, 0) is 0 Å². The molecule has 20 nitrogen and oxygen atoms in total. The van der Waals surface area contributed by atoms with Crippen molar-refractivity contribution in [2.45, 2.75) is 36.9 Å². The smallest absolute Gasteiger partial charge is 0.550 e. The predicted molar refractivity (Wildman–Crippen MR) is 122 cm³/mol. The molecule has 23 heteroatoms. The maximum absolute atomic E-state index is 11.3. The van der Waals surface area contributed by atoms with Gasteiger partial charge in [-0.3, -0.25) is 14.3 Å². The number of aromatic amines is 1. The molecule has 0 saturated heterocycles. The van der Waals surface area contributed by atoms with Crippen molar-refractivity contribution in [3.05, 3.63) is 27.2 Å². The van der Waals surface area contributed by atoms with Crippen molar-refractivity contribution in [2.75, 3.05) is 0 Å². The first-order valence-corrected chi connectivity index (χ1v) is 9.94. The summed E-state index contributed by atoms with van der Waals surface area (Å²) in [5, 5.41) is 77.9. The van der Waals surface area contributed by atoms with Crippen LogP contribution in [0, 0.1) is 0 Å². The van der Waals surface area contributed by atoms with E-state index >= 15 is 0 Å². The van der Waals surface area contributed by atoms with Crippen LogP contribution in [-0.2, 0) is 42.9 Å². The van der Waals surface area contributed by atoms with Crippen LogP contribution in [0.15, 0.2) is 15.9 Å². The summed E-state index contributed by atoms with van der Waals surface area (Å²) in [4.78, 5) is 88.6. The molecule has 2 aromatic rings. The van der Waals surface area contributed by atoms with Crippen LogP contribution < -0.4 is 41.9 Å². The third-order valence-corrected chi connectivity index (χ3v) is 4.48. The van der Waals surface area contributed by atoms with Crippen LogP contribution in [0.25, 0.3) is 11.2 Å². The zero-order valence-corrected chi connectivity index (χ0v) is 32.4.